The monoisotopic (exact) mass is 182 g/mol. The molecular formula is C10H19BO2. The van der Waals surface area contributed by atoms with E-state index in [-0.39, 0.29) is 18.3 Å². The van der Waals surface area contributed by atoms with Crippen LogP contribution in [0.5, 0.6) is 0 Å². The Morgan fingerprint density at radius 2 is 1.54 bits per heavy atom. The number of allylic oxidation sites excluding steroid dienone is 2. The fraction of sp³-hybridized carbons (Fsp3) is 0.800. The highest BCUT2D eigenvalue weighted by atomic mass is 16.7. The van der Waals surface area contributed by atoms with Crippen molar-refractivity contribution in [2.75, 3.05) is 0 Å². The van der Waals surface area contributed by atoms with Crippen molar-refractivity contribution in [2.24, 2.45) is 0 Å². The van der Waals surface area contributed by atoms with Gasteiger partial charge in [-0.1, -0.05) is 12.2 Å². The third-order valence-corrected chi connectivity index (χ3v) is 2.87. The molecule has 0 aliphatic carbocycles. The highest BCUT2D eigenvalue weighted by Crippen LogP contribution is 2.37. The molecule has 0 saturated carbocycles. The normalized spacial score (nSPS) is 25.8. The quantitative estimate of drug-likeness (QED) is 0.482. The first-order chi connectivity index (χ1) is 5.89. The molecular weight excluding hydrogens is 163 g/mol. The van der Waals surface area contributed by atoms with Crippen molar-refractivity contribution in [1.29, 1.82) is 0 Å². The van der Waals surface area contributed by atoms with E-state index < -0.39 is 0 Å². The Morgan fingerprint density at radius 1 is 1.08 bits per heavy atom. The molecule has 13 heavy (non-hydrogen) atoms. The molecule has 0 bridgehead atoms. The molecule has 0 aromatic rings. The molecule has 0 radical (unpaired) electrons. The van der Waals surface area contributed by atoms with E-state index in [1.807, 2.05) is 13.0 Å². The van der Waals surface area contributed by atoms with Gasteiger partial charge >= 0.3 is 7.12 Å². The summed E-state index contributed by atoms with van der Waals surface area (Å²) in [4.78, 5) is 0. The van der Waals surface area contributed by atoms with Crippen LogP contribution in [0.3, 0.4) is 0 Å². The predicted molar refractivity (Wildman–Crippen MR) is 55.7 cm³/mol. The van der Waals surface area contributed by atoms with E-state index in [0.717, 1.165) is 6.32 Å². The van der Waals surface area contributed by atoms with Gasteiger partial charge in [0.2, 0.25) is 0 Å². The lowest BCUT2D eigenvalue weighted by Crippen LogP contribution is -2.41. The van der Waals surface area contributed by atoms with E-state index >= 15 is 0 Å². The fourth-order valence-electron chi connectivity index (χ4n) is 1.31. The van der Waals surface area contributed by atoms with E-state index in [1.54, 1.807) is 0 Å². The minimum Gasteiger partial charge on any atom is -0.403 e. The van der Waals surface area contributed by atoms with Gasteiger partial charge in [-0.25, -0.2) is 0 Å². The summed E-state index contributed by atoms with van der Waals surface area (Å²) in [5.74, 6) is 0. The van der Waals surface area contributed by atoms with Crippen molar-refractivity contribution in [3.8, 4) is 0 Å². The van der Waals surface area contributed by atoms with Gasteiger partial charge in [0.25, 0.3) is 0 Å². The maximum atomic E-state index is 5.79. The lowest BCUT2D eigenvalue weighted by molar-refractivity contribution is 0.00578. The van der Waals surface area contributed by atoms with E-state index in [0.29, 0.717) is 0 Å². The molecule has 0 N–H and O–H groups in total. The zero-order valence-electron chi connectivity index (χ0n) is 9.26. The molecule has 0 amide bonds. The molecule has 1 saturated heterocycles. The summed E-state index contributed by atoms with van der Waals surface area (Å²) >= 11 is 0. The minimum atomic E-state index is -0.195. The summed E-state index contributed by atoms with van der Waals surface area (Å²) in [5.41, 5.74) is -0.390. The first kappa shape index (κ1) is 10.8. The second kappa shape index (κ2) is 3.47. The number of hydrogen-bond donors (Lipinski definition) is 0. The largest absolute Gasteiger partial charge is 0.461 e. The van der Waals surface area contributed by atoms with Crippen molar-refractivity contribution in [3.63, 3.8) is 0 Å². The van der Waals surface area contributed by atoms with Crippen LogP contribution in [0.1, 0.15) is 34.6 Å². The Kier molecular flexibility index (Phi) is 2.88. The van der Waals surface area contributed by atoms with Crippen LogP contribution in [-0.2, 0) is 9.31 Å². The van der Waals surface area contributed by atoms with Gasteiger partial charge in [0.05, 0.1) is 11.2 Å². The fourth-order valence-corrected chi connectivity index (χ4v) is 1.31. The molecule has 1 aliphatic rings. The van der Waals surface area contributed by atoms with Crippen LogP contribution < -0.4 is 0 Å². The molecule has 0 aromatic carbocycles. The first-order valence-corrected chi connectivity index (χ1v) is 4.86. The highest BCUT2D eigenvalue weighted by molar-refractivity contribution is 6.46. The highest BCUT2D eigenvalue weighted by Gasteiger charge is 2.50. The van der Waals surface area contributed by atoms with Crippen molar-refractivity contribution >= 4 is 7.12 Å². The maximum absolute atomic E-state index is 5.79. The average molecular weight is 182 g/mol. The van der Waals surface area contributed by atoms with Gasteiger partial charge in [-0.2, -0.15) is 0 Å². The van der Waals surface area contributed by atoms with Crippen LogP contribution in [0.2, 0.25) is 6.32 Å². The Bertz CT molecular complexity index is 193. The lowest BCUT2D eigenvalue weighted by atomic mass is 9.85. The van der Waals surface area contributed by atoms with Gasteiger partial charge in [-0.3, -0.25) is 0 Å². The average Bonchev–Trinajstić information content (AvgIpc) is 2.17. The van der Waals surface area contributed by atoms with Gasteiger partial charge in [0, 0.05) is 6.32 Å². The zero-order valence-corrected chi connectivity index (χ0v) is 9.26. The van der Waals surface area contributed by atoms with Gasteiger partial charge < -0.3 is 9.31 Å². The van der Waals surface area contributed by atoms with Gasteiger partial charge in [-0.05, 0) is 34.6 Å². The van der Waals surface area contributed by atoms with E-state index in [9.17, 15) is 0 Å². The van der Waals surface area contributed by atoms with Crippen LogP contribution in [0.15, 0.2) is 12.2 Å². The van der Waals surface area contributed by atoms with Crippen LogP contribution in [0.4, 0.5) is 0 Å². The Morgan fingerprint density at radius 3 is 1.92 bits per heavy atom. The van der Waals surface area contributed by atoms with Gasteiger partial charge in [-0.15, -0.1) is 0 Å². The van der Waals surface area contributed by atoms with Crippen molar-refractivity contribution in [2.45, 2.75) is 52.1 Å². The van der Waals surface area contributed by atoms with Crippen LogP contribution in [0, 0.1) is 0 Å². The molecule has 1 aliphatic heterocycles. The Hall–Kier alpha value is -0.275. The SMILES string of the molecule is C/C=C/CB1OC(C)(C)C(C)(C)O1. The molecule has 1 rings (SSSR count). The van der Waals surface area contributed by atoms with E-state index in [1.165, 1.54) is 0 Å². The molecule has 3 heteroatoms. The van der Waals surface area contributed by atoms with Crippen LogP contribution in [-0.4, -0.2) is 18.3 Å². The second-order valence-electron chi connectivity index (χ2n) is 4.49. The summed E-state index contributed by atoms with van der Waals surface area (Å²) in [7, 11) is -0.0822. The summed E-state index contributed by atoms with van der Waals surface area (Å²) in [6.45, 7) is 10.3. The number of rotatable bonds is 2. The van der Waals surface area contributed by atoms with Crippen molar-refractivity contribution < 1.29 is 9.31 Å². The van der Waals surface area contributed by atoms with Crippen LogP contribution in [0.25, 0.3) is 0 Å². The summed E-state index contributed by atoms with van der Waals surface area (Å²) in [5, 5.41) is 0. The second-order valence-corrected chi connectivity index (χ2v) is 4.49. The predicted octanol–water partition coefficient (Wildman–Crippen LogP) is 2.65. The number of hydrogen-bond acceptors (Lipinski definition) is 2. The maximum Gasteiger partial charge on any atom is 0.461 e. The third kappa shape index (κ3) is 2.15. The summed E-state index contributed by atoms with van der Waals surface area (Å²) in [6, 6.07) is 0. The third-order valence-electron chi connectivity index (χ3n) is 2.87. The minimum absolute atomic E-state index is 0.0822. The molecule has 1 heterocycles. The molecule has 2 nitrogen and oxygen atoms in total. The molecule has 0 unspecified atom stereocenters. The smallest absolute Gasteiger partial charge is 0.403 e. The Labute approximate surface area is 81.4 Å². The topological polar surface area (TPSA) is 18.5 Å². The van der Waals surface area contributed by atoms with E-state index in [4.69, 9.17) is 9.31 Å². The molecule has 0 spiro atoms. The molecule has 0 atom stereocenters. The van der Waals surface area contributed by atoms with Gasteiger partial charge in [0.1, 0.15) is 0 Å². The molecule has 74 valence electrons. The molecule has 0 aromatic heterocycles. The van der Waals surface area contributed by atoms with E-state index in [2.05, 4.69) is 33.8 Å². The lowest BCUT2D eigenvalue weighted by Gasteiger charge is -2.32. The van der Waals surface area contributed by atoms with Crippen molar-refractivity contribution in [1.82, 2.24) is 0 Å². The summed E-state index contributed by atoms with van der Waals surface area (Å²) in [6.07, 6.45) is 4.93. The zero-order chi connectivity index (χ0) is 10.1. The Balaban J connectivity index is 2.60. The van der Waals surface area contributed by atoms with Gasteiger partial charge in [0.15, 0.2) is 0 Å². The standard InChI is InChI=1S/C10H19BO2/c1-6-7-8-11-12-9(2,3)10(4,5)13-11/h6-7H,8H2,1-5H3/b7-6+. The van der Waals surface area contributed by atoms with Crippen molar-refractivity contribution in [3.05, 3.63) is 12.2 Å². The van der Waals surface area contributed by atoms with Crippen LogP contribution >= 0.6 is 0 Å². The first-order valence-electron chi connectivity index (χ1n) is 4.86. The summed E-state index contributed by atoms with van der Waals surface area (Å²) < 4.78 is 11.6. The molecule has 1 fully saturated rings.